The van der Waals surface area contributed by atoms with Gasteiger partial charge in [-0.25, -0.2) is 0 Å². The molecule has 0 spiro atoms. The average molecular weight is 165 g/mol. The number of hydrogen-bond donors (Lipinski definition) is 2. The molecule has 0 saturated heterocycles. The number of aliphatic hydroxyl groups excluding tert-OH is 1. The van der Waals surface area contributed by atoms with Crippen LogP contribution in [0.4, 0.5) is 0 Å². The molecule has 0 bridgehead atoms. The van der Waals surface area contributed by atoms with Gasteiger partial charge in [0.15, 0.2) is 0 Å². The van der Waals surface area contributed by atoms with E-state index < -0.39 is 6.10 Å². The maximum atomic E-state index is 9.45. The molecule has 3 N–H and O–H groups in total. The van der Waals surface area contributed by atoms with Gasteiger partial charge in [-0.2, -0.15) is 0 Å². The van der Waals surface area contributed by atoms with E-state index in [1.807, 2.05) is 37.3 Å². The zero-order valence-corrected chi connectivity index (χ0v) is 7.27. The monoisotopic (exact) mass is 165 g/mol. The summed E-state index contributed by atoms with van der Waals surface area (Å²) in [6, 6.07) is 9.91. The van der Waals surface area contributed by atoms with Gasteiger partial charge < -0.3 is 10.8 Å². The SMILES string of the molecule is CC(c1ccccc1)[C@H](O)CN. The van der Waals surface area contributed by atoms with E-state index in [9.17, 15) is 5.11 Å². The van der Waals surface area contributed by atoms with E-state index in [0.29, 0.717) is 6.54 Å². The minimum atomic E-state index is -0.438. The maximum absolute atomic E-state index is 9.45. The fourth-order valence-corrected chi connectivity index (χ4v) is 1.18. The van der Waals surface area contributed by atoms with E-state index in [1.54, 1.807) is 0 Å². The van der Waals surface area contributed by atoms with Crippen LogP contribution in [0, 0.1) is 0 Å². The summed E-state index contributed by atoms with van der Waals surface area (Å²) in [6.45, 7) is 2.29. The molecule has 0 aliphatic heterocycles. The first-order valence-corrected chi connectivity index (χ1v) is 4.18. The Balaban J connectivity index is 2.71. The van der Waals surface area contributed by atoms with Crippen molar-refractivity contribution in [1.82, 2.24) is 0 Å². The fraction of sp³-hybridized carbons (Fsp3) is 0.400. The summed E-state index contributed by atoms with van der Waals surface area (Å²) in [4.78, 5) is 0. The third kappa shape index (κ3) is 2.06. The van der Waals surface area contributed by atoms with Crippen LogP contribution in [0.25, 0.3) is 0 Å². The molecule has 1 rings (SSSR count). The Morgan fingerprint density at radius 1 is 1.33 bits per heavy atom. The second-order valence-corrected chi connectivity index (χ2v) is 3.00. The Bertz CT molecular complexity index is 223. The number of benzene rings is 1. The standard InChI is InChI=1S/C10H15NO/c1-8(10(12)7-11)9-5-3-2-4-6-9/h2-6,8,10,12H,7,11H2,1H3/t8?,10-/m1/s1. The van der Waals surface area contributed by atoms with Crippen LogP contribution < -0.4 is 5.73 Å². The second kappa shape index (κ2) is 4.24. The first kappa shape index (κ1) is 9.23. The molecule has 2 heteroatoms. The van der Waals surface area contributed by atoms with E-state index in [2.05, 4.69) is 0 Å². The predicted octanol–water partition coefficient (Wildman–Crippen LogP) is 1.11. The fourth-order valence-electron chi connectivity index (χ4n) is 1.18. The second-order valence-electron chi connectivity index (χ2n) is 3.00. The highest BCUT2D eigenvalue weighted by Crippen LogP contribution is 2.17. The van der Waals surface area contributed by atoms with Crippen molar-refractivity contribution in [2.45, 2.75) is 18.9 Å². The summed E-state index contributed by atoms with van der Waals surface area (Å²) in [5.41, 5.74) is 6.49. The average Bonchev–Trinajstić information content (AvgIpc) is 2.17. The lowest BCUT2D eigenvalue weighted by atomic mass is 9.96. The smallest absolute Gasteiger partial charge is 0.0728 e. The minimum Gasteiger partial charge on any atom is -0.391 e. The molecular weight excluding hydrogens is 150 g/mol. The molecule has 1 aromatic carbocycles. The Hall–Kier alpha value is -0.860. The van der Waals surface area contributed by atoms with Crippen LogP contribution in [-0.4, -0.2) is 17.8 Å². The van der Waals surface area contributed by atoms with Crippen molar-refractivity contribution in [3.8, 4) is 0 Å². The van der Waals surface area contributed by atoms with Gasteiger partial charge in [-0.05, 0) is 5.56 Å². The van der Waals surface area contributed by atoms with Crippen molar-refractivity contribution < 1.29 is 5.11 Å². The van der Waals surface area contributed by atoms with Crippen LogP contribution in [0.2, 0.25) is 0 Å². The Kier molecular flexibility index (Phi) is 3.26. The molecule has 1 unspecified atom stereocenters. The van der Waals surface area contributed by atoms with Crippen molar-refractivity contribution in [3.05, 3.63) is 35.9 Å². The number of hydrogen-bond acceptors (Lipinski definition) is 2. The normalized spacial score (nSPS) is 15.6. The molecule has 0 aliphatic rings. The third-order valence-electron chi connectivity index (χ3n) is 2.14. The molecule has 0 heterocycles. The van der Waals surface area contributed by atoms with E-state index in [-0.39, 0.29) is 5.92 Å². The molecule has 12 heavy (non-hydrogen) atoms. The van der Waals surface area contributed by atoms with Crippen molar-refractivity contribution >= 4 is 0 Å². The molecule has 66 valence electrons. The molecule has 1 aromatic rings. The molecule has 0 aliphatic carbocycles. The van der Waals surface area contributed by atoms with Gasteiger partial charge in [0.25, 0.3) is 0 Å². The summed E-state index contributed by atoms with van der Waals surface area (Å²) in [7, 11) is 0. The molecule has 0 fully saturated rings. The number of rotatable bonds is 3. The molecule has 2 nitrogen and oxygen atoms in total. The molecular formula is C10H15NO. The van der Waals surface area contributed by atoms with Gasteiger partial charge in [0.05, 0.1) is 6.10 Å². The van der Waals surface area contributed by atoms with Gasteiger partial charge in [0, 0.05) is 12.5 Å². The molecule has 0 saturated carbocycles. The van der Waals surface area contributed by atoms with Gasteiger partial charge in [0.1, 0.15) is 0 Å². The summed E-state index contributed by atoms with van der Waals surface area (Å²) in [5, 5.41) is 9.45. The largest absolute Gasteiger partial charge is 0.391 e. The Morgan fingerprint density at radius 2 is 1.92 bits per heavy atom. The van der Waals surface area contributed by atoms with Crippen LogP contribution in [0.15, 0.2) is 30.3 Å². The van der Waals surface area contributed by atoms with Crippen LogP contribution in [0.5, 0.6) is 0 Å². The highest BCUT2D eigenvalue weighted by Gasteiger charge is 2.13. The van der Waals surface area contributed by atoms with Gasteiger partial charge in [0.2, 0.25) is 0 Å². The van der Waals surface area contributed by atoms with Crippen LogP contribution in [0.1, 0.15) is 18.4 Å². The van der Waals surface area contributed by atoms with E-state index in [4.69, 9.17) is 5.73 Å². The summed E-state index contributed by atoms with van der Waals surface area (Å²) < 4.78 is 0. The van der Waals surface area contributed by atoms with Crippen molar-refractivity contribution in [1.29, 1.82) is 0 Å². The van der Waals surface area contributed by atoms with E-state index in [0.717, 1.165) is 5.56 Å². The lowest BCUT2D eigenvalue weighted by Gasteiger charge is -2.16. The first-order chi connectivity index (χ1) is 5.75. The number of aliphatic hydroxyl groups is 1. The zero-order chi connectivity index (χ0) is 8.97. The highest BCUT2D eigenvalue weighted by atomic mass is 16.3. The van der Waals surface area contributed by atoms with Crippen molar-refractivity contribution in [2.24, 2.45) is 5.73 Å². The maximum Gasteiger partial charge on any atom is 0.0728 e. The van der Waals surface area contributed by atoms with Crippen molar-refractivity contribution in [2.75, 3.05) is 6.54 Å². The third-order valence-corrected chi connectivity index (χ3v) is 2.14. The zero-order valence-electron chi connectivity index (χ0n) is 7.27. The van der Waals surface area contributed by atoms with Crippen LogP contribution in [-0.2, 0) is 0 Å². The molecule has 0 radical (unpaired) electrons. The molecule has 0 aromatic heterocycles. The van der Waals surface area contributed by atoms with E-state index >= 15 is 0 Å². The first-order valence-electron chi connectivity index (χ1n) is 4.18. The quantitative estimate of drug-likeness (QED) is 0.704. The highest BCUT2D eigenvalue weighted by molar-refractivity contribution is 5.19. The lowest BCUT2D eigenvalue weighted by Crippen LogP contribution is -2.25. The van der Waals surface area contributed by atoms with Gasteiger partial charge >= 0.3 is 0 Å². The van der Waals surface area contributed by atoms with Gasteiger partial charge in [-0.1, -0.05) is 37.3 Å². The van der Waals surface area contributed by atoms with E-state index in [1.165, 1.54) is 0 Å². The van der Waals surface area contributed by atoms with Gasteiger partial charge in [-0.3, -0.25) is 0 Å². The van der Waals surface area contributed by atoms with Crippen LogP contribution >= 0.6 is 0 Å². The molecule has 2 atom stereocenters. The summed E-state index contributed by atoms with van der Waals surface area (Å²) in [5.74, 6) is 0.121. The number of nitrogens with two attached hydrogens (primary N) is 1. The predicted molar refractivity (Wildman–Crippen MR) is 49.9 cm³/mol. The van der Waals surface area contributed by atoms with Gasteiger partial charge in [-0.15, -0.1) is 0 Å². The van der Waals surface area contributed by atoms with Crippen molar-refractivity contribution in [3.63, 3.8) is 0 Å². The van der Waals surface area contributed by atoms with Crippen LogP contribution in [0.3, 0.4) is 0 Å². The lowest BCUT2D eigenvalue weighted by molar-refractivity contribution is 0.157. The summed E-state index contributed by atoms with van der Waals surface area (Å²) in [6.07, 6.45) is -0.438. The molecule has 0 amide bonds. The minimum absolute atomic E-state index is 0.121. The Labute approximate surface area is 73.0 Å². The Morgan fingerprint density at radius 3 is 2.42 bits per heavy atom. The topological polar surface area (TPSA) is 46.2 Å². The summed E-state index contributed by atoms with van der Waals surface area (Å²) >= 11 is 0.